The van der Waals surface area contributed by atoms with E-state index in [4.69, 9.17) is 5.11 Å². The van der Waals surface area contributed by atoms with Crippen molar-refractivity contribution in [3.63, 3.8) is 0 Å². The van der Waals surface area contributed by atoms with Gasteiger partial charge in [0.15, 0.2) is 0 Å². The van der Waals surface area contributed by atoms with Gasteiger partial charge in [0.25, 0.3) is 0 Å². The number of aliphatic hydroxyl groups excluding tert-OH is 2. The van der Waals surface area contributed by atoms with Gasteiger partial charge in [-0.25, -0.2) is 0 Å². The lowest BCUT2D eigenvalue weighted by molar-refractivity contribution is -0.122. The molecule has 0 aliphatic heterocycles. The summed E-state index contributed by atoms with van der Waals surface area (Å²) in [6, 6.07) is 0.148. The normalized spacial score (nSPS) is 26.3. The Morgan fingerprint density at radius 1 is 1.33 bits per heavy atom. The highest BCUT2D eigenvalue weighted by Crippen LogP contribution is 2.18. The number of hydrogen-bond acceptors (Lipinski definition) is 3. The number of amides is 1. The fourth-order valence-corrected chi connectivity index (χ4v) is 1.99. The molecule has 1 saturated carbocycles. The number of hydrogen-bond donors (Lipinski definition) is 3. The fraction of sp³-hybridized carbons (Fsp3) is 0.909. The van der Waals surface area contributed by atoms with Crippen LogP contribution in [0.15, 0.2) is 0 Å². The average Bonchev–Trinajstić information content (AvgIpc) is 2.18. The van der Waals surface area contributed by atoms with Gasteiger partial charge in [-0.1, -0.05) is 0 Å². The summed E-state index contributed by atoms with van der Waals surface area (Å²) in [5, 5.41) is 20.9. The monoisotopic (exact) mass is 215 g/mol. The zero-order chi connectivity index (χ0) is 11.1. The molecule has 1 amide bonds. The lowest BCUT2D eigenvalue weighted by atomic mass is 9.93. The van der Waals surface area contributed by atoms with E-state index in [1.54, 1.807) is 0 Å². The van der Waals surface area contributed by atoms with Crippen molar-refractivity contribution in [1.82, 2.24) is 5.32 Å². The van der Waals surface area contributed by atoms with Gasteiger partial charge in [0, 0.05) is 19.1 Å². The van der Waals surface area contributed by atoms with Crippen molar-refractivity contribution < 1.29 is 15.0 Å². The molecule has 2 unspecified atom stereocenters. The van der Waals surface area contributed by atoms with Crippen molar-refractivity contribution in [1.29, 1.82) is 0 Å². The molecule has 0 aromatic carbocycles. The molecule has 4 nitrogen and oxygen atoms in total. The summed E-state index contributed by atoms with van der Waals surface area (Å²) >= 11 is 0. The van der Waals surface area contributed by atoms with Gasteiger partial charge in [0.05, 0.1) is 6.10 Å². The van der Waals surface area contributed by atoms with Crippen LogP contribution in [0, 0.1) is 0 Å². The van der Waals surface area contributed by atoms with Crippen LogP contribution in [0.25, 0.3) is 0 Å². The molecule has 0 heterocycles. The molecule has 0 saturated heterocycles. The van der Waals surface area contributed by atoms with E-state index in [0.717, 1.165) is 25.7 Å². The zero-order valence-corrected chi connectivity index (χ0v) is 9.11. The predicted molar refractivity (Wildman–Crippen MR) is 57.3 cm³/mol. The molecule has 15 heavy (non-hydrogen) atoms. The Labute approximate surface area is 90.7 Å². The van der Waals surface area contributed by atoms with Gasteiger partial charge in [-0.05, 0) is 38.5 Å². The van der Waals surface area contributed by atoms with Crippen LogP contribution in [-0.4, -0.2) is 34.9 Å². The average molecular weight is 215 g/mol. The minimum absolute atomic E-state index is 0.0440. The largest absolute Gasteiger partial charge is 0.396 e. The first kappa shape index (κ1) is 12.5. The molecule has 1 aliphatic carbocycles. The SMILES string of the molecule is O=C(CCCCO)NC1CCCC(O)C1. The van der Waals surface area contributed by atoms with Crippen LogP contribution in [0.5, 0.6) is 0 Å². The van der Waals surface area contributed by atoms with Crippen molar-refractivity contribution in [2.45, 2.75) is 57.1 Å². The second kappa shape index (κ2) is 6.80. The van der Waals surface area contributed by atoms with Crippen molar-refractivity contribution in [2.24, 2.45) is 0 Å². The van der Waals surface area contributed by atoms with Gasteiger partial charge >= 0.3 is 0 Å². The third kappa shape index (κ3) is 5.14. The number of unbranched alkanes of at least 4 members (excludes halogenated alkanes) is 1. The van der Waals surface area contributed by atoms with Gasteiger partial charge in [0.1, 0.15) is 0 Å². The van der Waals surface area contributed by atoms with Crippen LogP contribution in [0.3, 0.4) is 0 Å². The molecule has 4 heteroatoms. The molecule has 2 atom stereocenters. The van der Waals surface area contributed by atoms with Crippen molar-refractivity contribution in [2.75, 3.05) is 6.61 Å². The number of carbonyl (C=O) groups is 1. The number of nitrogens with one attached hydrogen (secondary N) is 1. The summed E-state index contributed by atoms with van der Waals surface area (Å²) in [5.41, 5.74) is 0. The minimum atomic E-state index is -0.249. The van der Waals surface area contributed by atoms with Crippen LogP contribution in [0.1, 0.15) is 44.9 Å². The Morgan fingerprint density at radius 3 is 2.80 bits per heavy atom. The topological polar surface area (TPSA) is 69.6 Å². The Balaban J connectivity index is 2.13. The van der Waals surface area contributed by atoms with Crippen LogP contribution >= 0.6 is 0 Å². The molecule has 0 spiro atoms. The van der Waals surface area contributed by atoms with E-state index in [1.807, 2.05) is 0 Å². The molecule has 0 aromatic rings. The van der Waals surface area contributed by atoms with E-state index in [0.29, 0.717) is 19.3 Å². The maximum atomic E-state index is 11.4. The second-order valence-corrected chi connectivity index (χ2v) is 4.27. The zero-order valence-electron chi connectivity index (χ0n) is 9.11. The lowest BCUT2D eigenvalue weighted by Crippen LogP contribution is -2.39. The number of carbonyl (C=O) groups excluding carboxylic acids is 1. The molecule has 1 rings (SSSR count). The highest BCUT2D eigenvalue weighted by atomic mass is 16.3. The first-order valence-electron chi connectivity index (χ1n) is 5.80. The standard InChI is InChI=1S/C11H21NO3/c13-7-2-1-6-11(15)12-9-4-3-5-10(14)8-9/h9-10,13-14H,1-8H2,(H,12,15). The van der Waals surface area contributed by atoms with Gasteiger partial charge in [-0.3, -0.25) is 4.79 Å². The molecular weight excluding hydrogens is 194 g/mol. The first-order chi connectivity index (χ1) is 7.22. The summed E-state index contributed by atoms with van der Waals surface area (Å²) in [7, 11) is 0. The summed E-state index contributed by atoms with van der Waals surface area (Å²) in [5.74, 6) is 0.0440. The fourth-order valence-electron chi connectivity index (χ4n) is 1.99. The number of aliphatic hydroxyl groups is 2. The third-order valence-electron chi connectivity index (χ3n) is 2.82. The first-order valence-corrected chi connectivity index (χ1v) is 5.80. The molecule has 1 fully saturated rings. The van der Waals surface area contributed by atoms with Gasteiger partial charge in [-0.2, -0.15) is 0 Å². The molecule has 1 aliphatic rings. The van der Waals surface area contributed by atoms with E-state index in [2.05, 4.69) is 5.32 Å². The Morgan fingerprint density at radius 2 is 2.13 bits per heavy atom. The van der Waals surface area contributed by atoms with Crippen LogP contribution in [-0.2, 0) is 4.79 Å². The lowest BCUT2D eigenvalue weighted by Gasteiger charge is -2.26. The van der Waals surface area contributed by atoms with E-state index < -0.39 is 0 Å². The van der Waals surface area contributed by atoms with Gasteiger partial charge in [-0.15, -0.1) is 0 Å². The second-order valence-electron chi connectivity index (χ2n) is 4.27. The molecule has 0 radical (unpaired) electrons. The van der Waals surface area contributed by atoms with E-state index in [-0.39, 0.29) is 24.7 Å². The summed E-state index contributed by atoms with van der Waals surface area (Å²) in [4.78, 5) is 11.4. The summed E-state index contributed by atoms with van der Waals surface area (Å²) < 4.78 is 0. The highest BCUT2D eigenvalue weighted by molar-refractivity contribution is 5.76. The van der Waals surface area contributed by atoms with Crippen LogP contribution in [0.2, 0.25) is 0 Å². The van der Waals surface area contributed by atoms with E-state index in [1.165, 1.54) is 0 Å². The highest BCUT2D eigenvalue weighted by Gasteiger charge is 2.21. The number of rotatable bonds is 5. The van der Waals surface area contributed by atoms with Gasteiger partial charge in [0.2, 0.25) is 5.91 Å². The quantitative estimate of drug-likeness (QED) is 0.587. The predicted octanol–water partition coefficient (Wildman–Crippen LogP) is 0.569. The van der Waals surface area contributed by atoms with Crippen LogP contribution in [0.4, 0.5) is 0 Å². The summed E-state index contributed by atoms with van der Waals surface area (Å²) in [6.45, 7) is 0.148. The van der Waals surface area contributed by atoms with Crippen LogP contribution < -0.4 is 5.32 Å². The molecule has 3 N–H and O–H groups in total. The molecule has 88 valence electrons. The maximum Gasteiger partial charge on any atom is 0.220 e. The smallest absolute Gasteiger partial charge is 0.220 e. The van der Waals surface area contributed by atoms with E-state index >= 15 is 0 Å². The Bertz CT molecular complexity index is 196. The molecular formula is C11H21NO3. The Hall–Kier alpha value is -0.610. The maximum absolute atomic E-state index is 11.4. The van der Waals surface area contributed by atoms with Crippen molar-refractivity contribution in [3.8, 4) is 0 Å². The van der Waals surface area contributed by atoms with E-state index in [9.17, 15) is 9.90 Å². The van der Waals surface area contributed by atoms with Crippen molar-refractivity contribution >= 4 is 5.91 Å². The Kier molecular flexibility index (Phi) is 5.65. The third-order valence-corrected chi connectivity index (χ3v) is 2.82. The van der Waals surface area contributed by atoms with Crippen molar-refractivity contribution in [3.05, 3.63) is 0 Å². The molecule has 0 bridgehead atoms. The minimum Gasteiger partial charge on any atom is -0.396 e. The summed E-state index contributed by atoms with van der Waals surface area (Å²) in [6.07, 6.45) is 5.15. The van der Waals surface area contributed by atoms with Gasteiger partial charge < -0.3 is 15.5 Å². The molecule has 0 aromatic heterocycles.